The monoisotopic (exact) mass is 260 g/mol. The lowest BCUT2D eigenvalue weighted by molar-refractivity contribution is -0.135. The van der Waals surface area contributed by atoms with Crippen LogP contribution in [0.15, 0.2) is 24.3 Å². The molecule has 104 valence electrons. The van der Waals surface area contributed by atoms with Crippen LogP contribution in [0, 0.1) is 5.92 Å². The van der Waals surface area contributed by atoms with Crippen molar-refractivity contribution in [2.45, 2.75) is 45.6 Å². The van der Waals surface area contributed by atoms with Gasteiger partial charge in [-0.2, -0.15) is 0 Å². The number of hydrogen-bond acceptors (Lipinski definition) is 2. The van der Waals surface area contributed by atoms with Gasteiger partial charge < -0.3 is 10.6 Å². The molecule has 1 aliphatic heterocycles. The van der Waals surface area contributed by atoms with Gasteiger partial charge in [0.15, 0.2) is 0 Å². The number of hydrogen-bond donors (Lipinski definition) is 1. The highest BCUT2D eigenvalue weighted by Crippen LogP contribution is 2.23. The number of piperidine rings is 1. The van der Waals surface area contributed by atoms with Gasteiger partial charge in [0.05, 0.1) is 0 Å². The summed E-state index contributed by atoms with van der Waals surface area (Å²) in [5.74, 6) is 1.03. The molecule has 0 radical (unpaired) electrons. The third kappa shape index (κ3) is 3.72. The Morgan fingerprint density at radius 1 is 1.32 bits per heavy atom. The lowest BCUT2D eigenvalue weighted by Gasteiger charge is -2.36. The van der Waals surface area contributed by atoms with Gasteiger partial charge in [-0.3, -0.25) is 4.79 Å². The zero-order valence-electron chi connectivity index (χ0n) is 11.9. The van der Waals surface area contributed by atoms with E-state index in [1.807, 2.05) is 24.3 Å². The standard InChI is InChI=1S/C16H24N2O/c1-12-9-10-18(13(2)11-12)16(19)8-5-14-3-6-15(17)7-4-14/h3-4,6-7,12-13H,5,8-11,17H2,1-2H3. The van der Waals surface area contributed by atoms with Crippen LogP contribution in [0.25, 0.3) is 0 Å². The molecule has 2 atom stereocenters. The third-order valence-electron chi connectivity index (χ3n) is 4.07. The summed E-state index contributed by atoms with van der Waals surface area (Å²) in [7, 11) is 0. The van der Waals surface area contributed by atoms with Crippen molar-refractivity contribution in [1.29, 1.82) is 0 Å². The Balaban J connectivity index is 1.85. The molecule has 1 aliphatic rings. The van der Waals surface area contributed by atoms with Crippen molar-refractivity contribution in [3.05, 3.63) is 29.8 Å². The Kier molecular flexibility index (Phi) is 4.46. The number of likely N-dealkylation sites (tertiary alicyclic amines) is 1. The molecule has 3 heteroatoms. The summed E-state index contributed by atoms with van der Waals surface area (Å²) in [5, 5.41) is 0. The Labute approximate surface area is 115 Å². The lowest BCUT2D eigenvalue weighted by Crippen LogP contribution is -2.44. The Morgan fingerprint density at radius 2 is 2.00 bits per heavy atom. The molecule has 2 unspecified atom stereocenters. The van der Waals surface area contributed by atoms with Crippen LogP contribution in [-0.2, 0) is 11.2 Å². The highest BCUT2D eigenvalue weighted by Gasteiger charge is 2.26. The largest absolute Gasteiger partial charge is 0.399 e. The number of nitrogens with zero attached hydrogens (tertiary/aromatic N) is 1. The number of anilines is 1. The first kappa shape index (κ1) is 13.9. The van der Waals surface area contributed by atoms with Crippen molar-refractivity contribution in [3.8, 4) is 0 Å². The summed E-state index contributed by atoms with van der Waals surface area (Å²) < 4.78 is 0. The highest BCUT2D eigenvalue weighted by molar-refractivity contribution is 5.76. The molecule has 19 heavy (non-hydrogen) atoms. The fraction of sp³-hybridized carbons (Fsp3) is 0.562. The van der Waals surface area contributed by atoms with E-state index in [2.05, 4.69) is 18.7 Å². The van der Waals surface area contributed by atoms with Crippen LogP contribution in [-0.4, -0.2) is 23.4 Å². The number of benzene rings is 1. The summed E-state index contributed by atoms with van der Waals surface area (Å²) in [6, 6.07) is 8.19. The van der Waals surface area contributed by atoms with Gasteiger partial charge in [0.1, 0.15) is 0 Å². The molecular formula is C16H24N2O. The van der Waals surface area contributed by atoms with Crippen LogP contribution >= 0.6 is 0 Å². The van der Waals surface area contributed by atoms with Gasteiger partial charge in [-0.05, 0) is 49.8 Å². The van der Waals surface area contributed by atoms with Gasteiger partial charge >= 0.3 is 0 Å². The van der Waals surface area contributed by atoms with Gasteiger partial charge in [0.2, 0.25) is 5.91 Å². The fourth-order valence-electron chi connectivity index (χ4n) is 2.86. The molecule has 0 aliphatic carbocycles. The van der Waals surface area contributed by atoms with E-state index in [0.29, 0.717) is 12.5 Å². The molecule has 0 bridgehead atoms. The molecule has 2 rings (SSSR count). The second-order valence-corrected chi connectivity index (χ2v) is 5.81. The van der Waals surface area contributed by atoms with E-state index in [-0.39, 0.29) is 5.91 Å². The number of carbonyl (C=O) groups is 1. The minimum atomic E-state index is 0.288. The molecule has 0 aromatic heterocycles. The van der Waals surface area contributed by atoms with E-state index in [0.717, 1.165) is 37.4 Å². The third-order valence-corrected chi connectivity index (χ3v) is 4.07. The van der Waals surface area contributed by atoms with Gasteiger partial charge in [-0.1, -0.05) is 19.1 Å². The molecule has 3 nitrogen and oxygen atoms in total. The Morgan fingerprint density at radius 3 is 2.63 bits per heavy atom. The summed E-state index contributed by atoms with van der Waals surface area (Å²) in [6.07, 6.45) is 3.67. The van der Waals surface area contributed by atoms with Gasteiger partial charge in [-0.25, -0.2) is 0 Å². The predicted octanol–water partition coefficient (Wildman–Crippen LogP) is 2.85. The molecule has 2 N–H and O–H groups in total. The van der Waals surface area contributed by atoms with Crippen molar-refractivity contribution in [2.24, 2.45) is 5.92 Å². The Hall–Kier alpha value is -1.51. The van der Waals surface area contributed by atoms with Crippen molar-refractivity contribution in [1.82, 2.24) is 4.90 Å². The van der Waals surface area contributed by atoms with Crippen molar-refractivity contribution >= 4 is 11.6 Å². The average molecular weight is 260 g/mol. The minimum Gasteiger partial charge on any atom is -0.399 e. The molecule has 0 spiro atoms. The van der Waals surface area contributed by atoms with Crippen LogP contribution in [0.1, 0.15) is 38.7 Å². The molecule has 1 heterocycles. The first-order valence-corrected chi connectivity index (χ1v) is 7.20. The van der Waals surface area contributed by atoms with Crippen LogP contribution in [0.4, 0.5) is 5.69 Å². The van der Waals surface area contributed by atoms with Crippen LogP contribution in [0.2, 0.25) is 0 Å². The molecule has 0 saturated carbocycles. The maximum Gasteiger partial charge on any atom is 0.223 e. The van der Waals surface area contributed by atoms with E-state index in [1.54, 1.807) is 0 Å². The maximum atomic E-state index is 12.3. The van der Waals surface area contributed by atoms with E-state index in [4.69, 9.17) is 5.73 Å². The average Bonchev–Trinajstić information content (AvgIpc) is 2.37. The van der Waals surface area contributed by atoms with E-state index in [9.17, 15) is 4.79 Å². The minimum absolute atomic E-state index is 0.288. The molecule has 1 amide bonds. The smallest absolute Gasteiger partial charge is 0.223 e. The molecule has 1 aromatic carbocycles. The number of rotatable bonds is 3. The zero-order chi connectivity index (χ0) is 13.8. The molecule has 1 aromatic rings. The van der Waals surface area contributed by atoms with Crippen LogP contribution in [0.5, 0.6) is 0 Å². The van der Waals surface area contributed by atoms with Crippen LogP contribution < -0.4 is 5.73 Å². The summed E-state index contributed by atoms with van der Waals surface area (Å²) >= 11 is 0. The van der Waals surface area contributed by atoms with Crippen molar-refractivity contribution < 1.29 is 4.79 Å². The normalized spacial score (nSPS) is 23.4. The number of carbonyl (C=O) groups excluding carboxylic acids is 1. The summed E-state index contributed by atoms with van der Waals surface area (Å²) in [6.45, 7) is 5.35. The first-order valence-electron chi connectivity index (χ1n) is 7.20. The fourth-order valence-corrected chi connectivity index (χ4v) is 2.86. The zero-order valence-corrected chi connectivity index (χ0v) is 11.9. The topological polar surface area (TPSA) is 46.3 Å². The second kappa shape index (κ2) is 6.09. The number of nitrogen functional groups attached to an aromatic ring is 1. The van der Waals surface area contributed by atoms with Gasteiger partial charge in [-0.15, -0.1) is 0 Å². The van der Waals surface area contributed by atoms with Gasteiger partial charge in [0.25, 0.3) is 0 Å². The number of amides is 1. The molecule has 1 saturated heterocycles. The van der Waals surface area contributed by atoms with E-state index in [1.165, 1.54) is 5.56 Å². The SMILES string of the molecule is CC1CCN(C(=O)CCc2ccc(N)cc2)C(C)C1. The highest BCUT2D eigenvalue weighted by atomic mass is 16.2. The quantitative estimate of drug-likeness (QED) is 0.849. The van der Waals surface area contributed by atoms with E-state index < -0.39 is 0 Å². The van der Waals surface area contributed by atoms with E-state index >= 15 is 0 Å². The number of nitrogens with two attached hydrogens (primary N) is 1. The lowest BCUT2D eigenvalue weighted by atomic mass is 9.93. The summed E-state index contributed by atoms with van der Waals surface area (Å²) in [5.41, 5.74) is 7.61. The number of aryl methyl sites for hydroxylation is 1. The van der Waals surface area contributed by atoms with Crippen molar-refractivity contribution in [3.63, 3.8) is 0 Å². The second-order valence-electron chi connectivity index (χ2n) is 5.81. The Bertz CT molecular complexity index is 427. The first-order chi connectivity index (χ1) is 9.06. The maximum absolute atomic E-state index is 12.3. The predicted molar refractivity (Wildman–Crippen MR) is 78.7 cm³/mol. The molecular weight excluding hydrogens is 236 g/mol. The van der Waals surface area contributed by atoms with Crippen LogP contribution in [0.3, 0.4) is 0 Å². The molecule has 1 fully saturated rings. The summed E-state index contributed by atoms with van der Waals surface area (Å²) in [4.78, 5) is 14.3. The van der Waals surface area contributed by atoms with Gasteiger partial charge in [0, 0.05) is 24.7 Å². The van der Waals surface area contributed by atoms with Crippen molar-refractivity contribution in [2.75, 3.05) is 12.3 Å².